The summed E-state index contributed by atoms with van der Waals surface area (Å²) in [5, 5.41) is 2.41. The molecule has 0 aliphatic rings. The largest absolute Gasteiger partial charge is 0.397 e. The molecule has 1 aromatic rings. The van der Waals surface area contributed by atoms with E-state index in [1.54, 1.807) is 13.2 Å². The van der Waals surface area contributed by atoms with E-state index in [-0.39, 0.29) is 13.0 Å². The predicted octanol–water partition coefficient (Wildman–Crippen LogP) is 1.68. The van der Waals surface area contributed by atoms with Gasteiger partial charge in [-0.25, -0.2) is 0 Å². The summed E-state index contributed by atoms with van der Waals surface area (Å²) < 4.78 is 37.0. The number of anilines is 1. The second-order valence-electron chi connectivity index (χ2n) is 3.74. The Kier molecular flexibility index (Phi) is 4.03. The van der Waals surface area contributed by atoms with Gasteiger partial charge in [0.05, 0.1) is 5.69 Å². The van der Waals surface area contributed by atoms with Gasteiger partial charge in [0.25, 0.3) is 5.91 Å². The van der Waals surface area contributed by atoms with Crippen molar-refractivity contribution in [3.8, 4) is 0 Å². The fraction of sp³-hybridized carbons (Fsp3) is 0.500. The summed E-state index contributed by atoms with van der Waals surface area (Å²) in [6.07, 6.45) is -3.65. The summed E-state index contributed by atoms with van der Waals surface area (Å²) in [7, 11) is 1.64. The number of alkyl halides is 3. The smallest absolute Gasteiger partial charge is 0.389 e. The molecule has 0 aromatic carbocycles. The highest BCUT2D eigenvalue weighted by Gasteiger charge is 2.26. The third-order valence-electron chi connectivity index (χ3n) is 2.18. The van der Waals surface area contributed by atoms with Crippen molar-refractivity contribution in [1.29, 1.82) is 0 Å². The number of carbonyl (C=O) groups excluding carboxylic acids is 1. The van der Waals surface area contributed by atoms with Crippen molar-refractivity contribution in [2.75, 3.05) is 12.3 Å². The van der Waals surface area contributed by atoms with Crippen molar-refractivity contribution in [2.45, 2.75) is 19.0 Å². The molecule has 96 valence electrons. The maximum atomic E-state index is 11.8. The van der Waals surface area contributed by atoms with Gasteiger partial charge in [0.2, 0.25) is 0 Å². The lowest BCUT2D eigenvalue weighted by molar-refractivity contribution is -0.135. The average molecular weight is 249 g/mol. The van der Waals surface area contributed by atoms with Gasteiger partial charge < -0.3 is 15.6 Å². The maximum Gasteiger partial charge on any atom is 0.389 e. The number of aryl methyl sites for hydroxylation is 1. The van der Waals surface area contributed by atoms with E-state index < -0.39 is 18.5 Å². The molecule has 1 rings (SSSR count). The van der Waals surface area contributed by atoms with Gasteiger partial charge in [0, 0.05) is 26.2 Å². The number of amides is 1. The zero-order valence-electron chi connectivity index (χ0n) is 9.34. The summed E-state index contributed by atoms with van der Waals surface area (Å²) in [5.41, 5.74) is 6.25. The number of nitrogen functional groups attached to an aromatic ring is 1. The lowest BCUT2D eigenvalue weighted by Gasteiger charge is -2.07. The lowest BCUT2D eigenvalue weighted by atomic mass is 10.3. The van der Waals surface area contributed by atoms with Crippen molar-refractivity contribution in [3.63, 3.8) is 0 Å². The van der Waals surface area contributed by atoms with Crippen LogP contribution in [0.5, 0.6) is 0 Å². The SMILES string of the molecule is Cn1cc(N)cc1C(=O)NCCCC(F)(F)F. The van der Waals surface area contributed by atoms with E-state index in [9.17, 15) is 18.0 Å². The van der Waals surface area contributed by atoms with Gasteiger partial charge in [-0.3, -0.25) is 4.79 Å². The van der Waals surface area contributed by atoms with E-state index in [1.165, 1.54) is 10.6 Å². The maximum absolute atomic E-state index is 11.8. The van der Waals surface area contributed by atoms with Crippen LogP contribution >= 0.6 is 0 Å². The predicted molar refractivity (Wildman–Crippen MR) is 57.4 cm³/mol. The van der Waals surface area contributed by atoms with Gasteiger partial charge in [-0.05, 0) is 12.5 Å². The molecule has 3 N–H and O–H groups in total. The first-order chi connectivity index (χ1) is 7.79. The van der Waals surface area contributed by atoms with Crippen molar-refractivity contribution >= 4 is 11.6 Å². The monoisotopic (exact) mass is 249 g/mol. The summed E-state index contributed by atoms with van der Waals surface area (Å²) in [6.45, 7) is -0.0105. The third-order valence-corrected chi connectivity index (χ3v) is 2.18. The molecule has 1 heterocycles. The molecule has 0 spiro atoms. The van der Waals surface area contributed by atoms with Crippen LogP contribution in [0.4, 0.5) is 18.9 Å². The number of hydrogen-bond acceptors (Lipinski definition) is 2. The van der Waals surface area contributed by atoms with E-state index in [0.717, 1.165) is 0 Å². The molecule has 0 aliphatic carbocycles. The Morgan fingerprint density at radius 1 is 1.53 bits per heavy atom. The highest BCUT2D eigenvalue weighted by atomic mass is 19.4. The number of carbonyl (C=O) groups is 1. The minimum Gasteiger partial charge on any atom is -0.397 e. The number of rotatable bonds is 4. The molecule has 0 atom stereocenters. The number of halogens is 3. The molecule has 0 aliphatic heterocycles. The Balaban J connectivity index is 2.38. The van der Waals surface area contributed by atoms with Gasteiger partial charge in [-0.15, -0.1) is 0 Å². The highest BCUT2D eigenvalue weighted by Crippen LogP contribution is 2.20. The molecule has 0 bridgehead atoms. The summed E-state index contributed by atoms with van der Waals surface area (Å²) in [4.78, 5) is 11.5. The van der Waals surface area contributed by atoms with E-state index in [2.05, 4.69) is 5.32 Å². The van der Waals surface area contributed by atoms with E-state index in [4.69, 9.17) is 5.73 Å². The first-order valence-corrected chi connectivity index (χ1v) is 5.06. The van der Waals surface area contributed by atoms with Gasteiger partial charge in [-0.1, -0.05) is 0 Å². The fourth-order valence-electron chi connectivity index (χ4n) is 1.40. The zero-order valence-corrected chi connectivity index (χ0v) is 9.34. The number of nitrogens with one attached hydrogen (secondary N) is 1. The second-order valence-corrected chi connectivity index (χ2v) is 3.74. The summed E-state index contributed by atoms with van der Waals surface area (Å²) in [5.74, 6) is -0.425. The standard InChI is InChI=1S/C10H14F3N3O/c1-16-6-7(14)5-8(16)9(17)15-4-2-3-10(11,12)13/h5-6H,2-4,14H2,1H3,(H,15,17). The lowest BCUT2D eigenvalue weighted by Crippen LogP contribution is -2.27. The Labute approximate surface area is 96.6 Å². The van der Waals surface area contributed by atoms with Gasteiger partial charge in [0.1, 0.15) is 5.69 Å². The van der Waals surface area contributed by atoms with Crippen LogP contribution in [0.1, 0.15) is 23.3 Å². The number of nitrogens with two attached hydrogens (primary N) is 1. The average Bonchev–Trinajstić information content (AvgIpc) is 2.51. The molecule has 0 radical (unpaired) electrons. The van der Waals surface area contributed by atoms with Gasteiger partial charge >= 0.3 is 6.18 Å². The molecule has 1 aromatic heterocycles. The van der Waals surface area contributed by atoms with Crippen molar-refractivity contribution < 1.29 is 18.0 Å². The van der Waals surface area contributed by atoms with Crippen LogP contribution in [0, 0.1) is 0 Å². The normalized spacial score (nSPS) is 11.5. The van der Waals surface area contributed by atoms with Crippen LogP contribution in [0.3, 0.4) is 0 Å². The van der Waals surface area contributed by atoms with Crippen molar-refractivity contribution in [3.05, 3.63) is 18.0 Å². The molecular weight excluding hydrogens is 235 g/mol. The second kappa shape index (κ2) is 5.11. The van der Waals surface area contributed by atoms with Gasteiger partial charge in [-0.2, -0.15) is 13.2 Å². The van der Waals surface area contributed by atoms with Crippen LogP contribution in [0.15, 0.2) is 12.3 Å². The van der Waals surface area contributed by atoms with Crippen LogP contribution < -0.4 is 11.1 Å². The van der Waals surface area contributed by atoms with Crippen molar-refractivity contribution in [2.24, 2.45) is 7.05 Å². The molecular formula is C10H14F3N3O. The van der Waals surface area contributed by atoms with Crippen molar-refractivity contribution in [1.82, 2.24) is 9.88 Å². The van der Waals surface area contributed by atoms with E-state index in [0.29, 0.717) is 11.4 Å². The van der Waals surface area contributed by atoms with Crippen LogP contribution in [0.25, 0.3) is 0 Å². The van der Waals surface area contributed by atoms with Crippen LogP contribution in [-0.4, -0.2) is 23.2 Å². The molecule has 17 heavy (non-hydrogen) atoms. The van der Waals surface area contributed by atoms with E-state index in [1.807, 2.05) is 0 Å². The molecule has 1 amide bonds. The summed E-state index contributed by atoms with van der Waals surface area (Å²) in [6, 6.07) is 1.47. The topological polar surface area (TPSA) is 60.0 Å². The highest BCUT2D eigenvalue weighted by molar-refractivity contribution is 5.93. The van der Waals surface area contributed by atoms with Crippen LogP contribution in [-0.2, 0) is 7.05 Å². The molecule has 4 nitrogen and oxygen atoms in total. The minimum absolute atomic E-state index is 0.0105. The summed E-state index contributed by atoms with van der Waals surface area (Å²) >= 11 is 0. The Hall–Kier alpha value is -1.66. The van der Waals surface area contributed by atoms with E-state index >= 15 is 0 Å². The molecule has 0 saturated carbocycles. The number of hydrogen-bond donors (Lipinski definition) is 2. The number of nitrogens with zero attached hydrogens (tertiary/aromatic N) is 1. The Bertz CT molecular complexity index is 398. The minimum atomic E-state index is -4.18. The zero-order chi connectivity index (χ0) is 13.1. The molecule has 0 saturated heterocycles. The van der Waals surface area contributed by atoms with Crippen LogP contribution in [0.2, 0.25) is 0 Å². The first kappa shape index (κ1) is 13.4. The Morgan fingerprint density at radius 2 is 2.18 bits per heavy atom. The fourth-order valence-corrected chi connectivity index (χ4v) is 1.40. The number of aromatic nitrogens is 1. The molecule has 0 fully saturated rings. The third kappa shape index (κ3) is 4.38. The van der Waals surface area contributed by atoms with Gasteiger partial charge in [0.15, 0.2) is 0 Å². The quantitative estimate of drug-likeness (QED) is 0.797. The molecule has 0 unspecified atom stereocenters. The first-order valence-electron chi connectivity index (χ1n) is 5.06. The molecule has 7 heteroatoms. The Morgan fingerprint density at radius 3 is 2.65 bits per heavy atom.